The number of morpholine rings is 1. The van der Waals surface area contributed by atoms with E-state index in [2.05, 4.69) is 24.1 Å². The minimum absolute atomic E-state index is 0. The summed E-state index contributed by atoms with van der Waals surface area (Å²) in [4.78, 5) is 14.0. The van der Waals surface area contributed by atoms with Crippen LogP contribution in [-0.4, -0.2) is 67.5 Å². The van der Waals surface area contributed by atoms with Gasteiger partial charge in [-0.3, -0.25) is 9.69 Å². The second kappa shape index (κ2) is 13.3. The molecular formula is C14H31Cl2N3O3. The van der Waals surface area contributed by atoms with Crippen molar-refractivity contribution in [1.29, 1.82) is 0 Å². The van der Waals surface area contributed by atoms with Gasteiger partial charge in [0.15, 0.2) is 0 Å². The van der Waals surface area contributed by atoms with Crippen LogP contribution in [-0.2, 0) is 9.53 Å². The van der Waals surface area contributed by atoms with Crippen molar-refractivity contribution in [2.24, 2.45) is 11.7 Å². The van der Waals surface area contributed by atoms with Gasteiger partial charge in [-0.2, -0.15) is 0 Å². The Morgan fingerprint density at radius 2 is 1.91 bits per heavy atom. The molecule has 0 aromatic carbocycles. The number of hydrogen-bond acceptors (Lipinski definition) is 5. The SMILES string of the molecule is CC(C)C[C@H](N)[C@@H](O)CC(=O)NCCN1CCOCC1.Cl.Cl. The fraction of sp³-hybridized carbons (Fsp3) is 0.929. The summed E-state index contributed by atoms with van der Waals surface area (Å²) in [6, 6.07) is -0.333. The van der Waals surface area contributed by atoms with Gasteiger partial charge in [-0.1, -0.05) is 13.8 Å². The maximum atomic E-state index is 11.7. The highest BCUT2D eigenvalue weighted by atomic mass is 35.5. The number of carbonyl (C=O) groups excluding carboxylic acids is 1. The van der Waals surface area contributed by atoms with Crippen molar-refractivity contribution in [2.75, 3.05) is 39.4 Å². The third kappa shape index (κ3) is 10.6. The average Bonchev–Trinajstić information content (AvgIpc) is 2.39. The molecule has 6 nitrogen and oxygen atoms in total. The molecule has 22 heavy (non-hydrogen) atoms. The normalized spacial score (nSPS) is 18.0. The van der Waals surface area contributed by atoms with Crippen LogP contribution in [0.3, 0.4) is 0 Å². The number of nitrogens with zero attached hydrogens (tertiary/aromatic N) is 1. The smallest absolute Gasteiger partial charge is 0.222 e. The van der Waals surface area contributed by atoms with E-state index in [9.17, 15) is 9.90 Å². The summed E-state index contributed by atoms with van der Waals surface area (Å²) in [5.74, 6) is 0.286. The van der Waals surface area contributed by atoms with Crippen molar-refractivity contribution in [3.63, 3.8) is 0 Å². The van der Waals surface area contributed by atoms with Crippen molar-refractivity contribution in [2.45, 2.75) is 38.8 Å². The molecule has 0 saturated carbocycles. The van der Waals surface area contributed by atoms with Gasteiger partial charge < -0.3 is 20.9 Å². The highest BCUT2D eigenvalue weighted by Gasteiger charge is 2.19. The van der Waals surface area contributed by atoms with E-state index in [1.807, 2.05) is 0 Å². The van der Waals surface area contributed by atoms with Gasteiger partial charge in [0.25, 0.3) is 0 Å². The van der Waals surface area contributed by atoms with Gasteiger partial charge in [-0.25, -0.2) is 0 Å². The van der Waals surface area contributed by atoms with Gasteiger partial charge in [0.1, 0.15) is 0 Å². The van der Waals surface area contributed by atoms with Crippen molar-refractivity contribution < 1.29 is 14.6 Å². The predicted octanol–water partition coefficient (Wildman–Crippen LogP) is 0.403. The van der Waals surface area contributed by atoms with Crippen molar-refractivity contribution in [3.05, 3.63) is 0 Å². The standard InChI is InChI=1S/C14H29N3O3.2ClH/c1-11(2)9-12(15)13(18)10-14(19)16-3-4-17-5-7-20-8-6-17;;/h11-13,18H,3-10,15H2,1-2H3,(H,16,19);2*1H/t12-,13-;;/m0../s1. The molecule has 1 rings (SSSR count). The molecule has 0 aliphatic carbocycles. The molecule has 134 valence electrons. The zero-order valence-corrected chi connectivity index (χ0v) is 15.1. The summed E-state index contributed by atoms with van der Waals surface area (Å²) in [5, 5.41) is 12.7. The molecule has 1 aliphatic rings. The van der Waals surface area contributed by atoms with Crippen molar-refractivity contribution in [3.8, 4) is 0 Å². The summed E-state index contributed by atoms with van der Waals surface area (Å²) < 4.78 is 5.26. The van der Waals surface area contributed by atoms with E-state index in [1.165, 1.54) is 0 Å². The van der Waals surface area contributed by atoms with Crippen LogP contribution < -0.4 is 11.1 Å². The molecule has 0 radical (unpaired) electrons. The molecule has 0 bridgehead atoms. The number of hydrogen-bond donors (Lipinski definition) is 3. The summed E-state index contributed by atoms with van der Waals surface area (Å²) in [5.41, 5.74) is 5.86. The Kier molecular flexibility index (Phi) is 14.6. The molecule has 1 fully saturated rings. The van der Waals surface area contributed by atoms with Crippen LogP contribution in [0.25, 0.3) is 0 Å². The second-order valence-electron chi connectivity index (χ2n) is 5.87. The number of amides is 1. The monoisotopic (exact) mass is 359 g/mol. The molecule has 0 aromatic rings. The topological polar surface area (TPSA) is 87.8 Å². The summed E-state index contributed by atoms with van der Waals surface area (Å²) in [6.07, 6.45) is 0.0416. The molecule has 0 unspecified atom stereocenters. The Hall–Kier alpha value is -0.110. The number of nitrogens with two attached hydrogens (primary N) is 1. The van der Waals surface area contributed by atoms with Gasteiger partial charge in [-0.05, 0) is 12.3 Å². The lowest BCUT2D eigenvalue weighted by atomic mass is 9.98. The number of aliphatic hydroxyl groups is 1. The first kappa shape index (κ1) is 24.1. The Morgan fingerprint density at radius 3 is 2.45 bits per heavy atom. The van der Waals surface area contributed by atoms with Crippen molar-refractivity contribution in [1.82, 2.24) is 10.2 Å². The number of rotatable bonds is 8. The highest BCUT2D eigenvalue weighted by molar-refractivity contribution is 5.85. The Bertz CT molecular complexity index is 291. The number of aliphatic hydroxyl groups excluding tert-OH is 1. The van der Waals surface area contributed by atoms with E-state index >= 15 is 0 Å². The lowest BCUT2D eigenvalue weighted by Crippen LogP contribution is -2.43. The van der Waals surface area contributed by atoms with Crippen LogP contribution in [0, 0.1) is 5.92 Å². The minimum Gasteiger partial charge on any atom is -0.391 e. The number of carbonyl (C=O) groups is 1. The average molecular weight is 360 g/mol. The number of halogens is 2. The number of ether oxygens (including phenoxy) is 1. The van der Waals surface area contributed by atoms with Gasteiger partial charge in [0.2, 0.25) is 5.91 Å². The van der Waals surface area contributed by atoms with Crippen LogP contribution in [0.4, 0.5) is 0 Å². The lowest BCUT2D eigenvalue weighted by Gasteiger charge is -2.26. The van der Waals surface area contributed by atoms with Crippen LogP contribution in [0.1, 0.15) is 26.7 Å². The van der Waals surface area contributed by atoms with Crippen LogP contribution in [0.5, 0.6) is 0 Å². The second-order valence-corrected chi connectivity index (χ2v) is 5.87. The van der Waals surface area contributed by atoms with Crippen molar-refractivity contribution >= 4 is 30.7 Å². The summed E-state index contributed by atoms with van der Waals surface area (Å²) >= 11 is 0. The molecule has 4 N–H and O–H groups in total. The Labute approximate surface area is 146 Å². The molecule has 1 heterocycles. The van der Waals surface area contributed by atoms with E-state index in [0.717, 1.165) is 39.3 Å². The zero-order chi connectivity index (χ0) is 15.0. The molecule has 1 aliphatic heterocycles. The first-order chi connectivity index (χ1) is 9.49. The summed E-state index contributed by atoms with van der Waals surface area (Å²) in [7, 11) is 0. The molecule has 1 saturated heterocycles. The predicted molar refractivity (Wildman–Crippen MR) is 92.8 cm³/mol. The zero-order valence-electron chi connectivity index (χ0n) is 13.5. The highest BCUT2D eigenvalue weighted by Crippen LogP contribution is 2.08. The van der Waals surface area contributed by atoms with Crippen LogP contribution in [0.15, 0.2) is 0 Å². The van der Waals surface area contributed by atoms with Gasteiger partial charge in [0.05, 0.1) is 25.7 Å². The molecule has 1 amide bonds. The van der Waals surface area contributed by atoms with Crippen LogP contribution in [0.2, 0.25) is 0 Å². The third-order valence-electron chi connectivity index (χ3n) is 3.49. The van der Waals surface area contributed by atoms with E-state index in [1.54, 1.807) is 0 Å². The molecule has 0 spiro atoms. The van der Waals surface area contributed by atoms with Gasteiger partial charge >= 0.3 is 0 Å². The first-order valence-corrected chi connectivity index (χ1v) is 7.49. The fourth-order valence-corrected chi connectivity index (χ4v) is 2.29. The Morgan fingerprint density at radius 1 is 1.32 bits per heavy atom. The maximum Gasteiger partial charge on any atom is 0.222 e. The molecule has 8 heteroatoms. The molecule has 2 atom stereocenters. The molecule has 0 aromatic heterocycles. The third-order valence-corrected chi connectivity index (χ3v) is 3.49. The van der Waals surface area contributed by atoms with E-state index in [4.69, 9.17) is 10.5 Å². The minimum atomic E-state index is -0.763. The quantitative estimate of drug-likeness (QED) is 0.583. The van der Waals surface area contributed by atoms with E-state index in [0.29, 0.717) is 12.5 Å². The first-order valence-electron chi connectivity index (χ1n) is 7.49. The summed E-state index contributed by atoms with van der Waals surface area (Å²) in [6.45, 7) is 8.88. The Balaban J connectivity index is 0. The van der Waals surface area contributed by atoms with Crippen LogP contribution >= 0.6 is 24.8 Å². The van der Waals surface area contributed by atoms with Gasteiger partial charge in [0, 0.05) is 32.2 Å². The fourth-order valence-electron chi connectivity index (χ4n) is 2.29. The number of nitrogens with one attached hydrogen (secondary N) is 1. The van der Waals surface area contributed by atoms with E-state index < -0.39 is 6.10 Å². The largest absolute Gasteiger partial charge is 0.391 e. The van der Waals surface area contributed by atoms with Gasteiger partial charge in [-0.15, -0.1) is 24.8 Å². The lowest BCUT2D eigenvalue weighted by molar-refractivity contribution is -0.123. The maximum absolute atomic E-state index is 11.7. The molecular weight excluding hydrogens is 329 g/mol. The van der Waals surface area contributed by atoms with E-state index in [-0.39, 0.29) is 43.2 Å².